The molecule has 0 atom stereocenters. The van der Waals surface area contributed by atoms with Gasteiger partial charge in [-0.2, -0.15) is 0 Å². The molecule has 1 rings (SSSR count). The van der Waals surface area contributed by atoms with Crippen molar-refractivity contribution < 1.29 is 27.5 Å². The third kappa shape index (κ3) is 2.59. The number of carbonyl (C=O) groups is 2. The van der Waals surface area contributed by atoms with Crippen molar-refractivity contribution in [3.63, 3.8) is 0 Å². The molecule has 86 valence electrons. The number of rotatable bonds is 3. The Kier molecular flexibility index (Phi) is 3.65. The van der Waals surface area contributed by atoms with Crippen LogP contribution in [0.3, 0.4) is 0 Å². The van der Waals surface area contributed by atoms with Gasteiger partial charge < -0.3 is 4.74 Å². The van der Waals surface area contributed by atoms with Crippen LogP contribution in [0.1, 0.15) is 5.56 Å². The van der Waals surface area contributed by atoms with Gasteiger partial charge in [-0.05, 0) is 11.6 Å². The first-order chi connectivity index (χ1) is 7.45. The van der Waals surface area contributed by atoms with E-state index in [9.17, 15) is 22.8 Å². The molecule has 0 heterocycles. The smallest absolute Gasteiger partial charge is 0.374 e. The highest BCUT2D eigenvalue weighted by atomic mass is 19.2. The van der Waals surface area contributed by atoms with Crippen molar-refractivity contribution in [3.05, 3.63) is 35.1 Å². The van der Waals surface area contributed by atoms with Crippen molar-refractivity contribution in [3.8, 4) is 0 Å². The molecule has 0 aromatic heterocycles. The molecule has 0 aliphatic rings. The Morgan fingerprint density at radius 1 is 1.12 bits per heavy atom. The Morgan fingerprint density at radius 3 is 2.25 bits per heavy atom. The van der Waals surface area contributed by atoms with Gasteiger partial charge in [-0.25, -0.2) is 18.0 Å². The average Bonchev–Trinajstić information content (AvgIpc) is 2.24. The Hall–Kier alpha value is -1.85. The standard InChI is InChI=1S/C10H7F3O3/c1-16-10(15)9(14)3-5-2-7(12)8(13)4-6(5)11/h2,4H,3H2,1H3. The second-order valence-electron chi connectivity index (χ2n) is 2.95. The van der Waals surface area contributed by atoms with Crippen LogP contribution in [0.25, 0.3) is 0 Å². The van der Waals surface area contributed by atoms with Gasteiger partial charge in [-0.15, -0.1) is 0 Å². The summed E-state index contributed by atoms with van der Waals surface area (Å²) >= 11 is 0. The Morgan fingerprint density at radius 2 is 1.69 bits per heavy atom. The molecular formula is C10H7F3O3. The first kappa shape index (κ1) is 12.2. The molecule has 0 N–H and O–H groups in total. The minimum atomic E-state index is -1.35. The fraction of sp³-hybridized carbons (Fsp3) is 0.200. The zero-order valence-electron chi connectivity index (χ0n) is 8.22. The molecule has 0 bridgehead atoms. The molecule has 0 amide bonds. The minimum Gasteiger partial charge on any atom is -0.463 e. The van der Waals surface area contributed by atoms with Crippen molar-refractivity contribution >= 4 is 11.8 Å². The molecule has 1 aromatic rings. The molecule has 0 radical (unpaired) electrons. The van der Waals surface area contributed by atoms with Gasteiger partial charge in [0.25, 0.3) is 0 Å². The SMILES string of the molecule is COC(=O)C(=O)Cc1cc(F)c(F)cc1F. The molecule has 0 fully saturated rings. The van der Waals surface area contributed by atoms with Gasteiger partial charge >= 0.3 is 5.97 Å². The number of hydrogen-bond acceptors (Lipinski definition) is 3. The first-order valence-corrected chi connectivity index (χ1v) is 4.20. The zero-order chi connectivity index (χ0) is 12.3. The molecule has 0 saturated heterocycles. The van der Waals surface area contributed by atoms with Gasteiger partial charge in [0, 0.05) is 12.5 Å². The first-order valence-electron chi connectivity index (χ1n) is 4.20. The topological polar surface area (TPSA) is 43.4 Å². The number of carbonyl (C=O) groups excluding carboxylic acids is 2. The monoisotopic (exact) mass is 232 g/mol. The van der Waals surface area contributed by atoms with E-state index in [4.69, 9.17) is 0 Å². The largest absolute Gasteiger partial charge is 0.463 e. The van der Waals surface area contributed by atoms with Crippen LogP contribution >= 0.6 is 0 Å². The van der Waals surface area contributed by atoms with Crippen molar-refractivity contribution in [2.75, 3.05) is 7.11 Å². The van der Waals surface area contributed by atoms with Gasteiger partial charge in [0.05, 0.1) is 7.11 Å². The van der Waals surface area contributed by atoms with E-state index in [1.165, 1.54) is 0 Å². The van der Waals surface area contributed by atoms with E-state index in [0.29, 0.717) is 12.1 Å². The number of methoxy groups -OCH3 is 1. The van der Waals surface area contributed by atoms with E-state index in [-0.39, 0.29) is 0 Å². The maximum atomic E-state index is 13.0. The van der Waals surface area contributed by atoms with E-state index in [2.05, 4.69) is 4.74 Å². The molecular weight excluding hydrogens is 225 g/mol. The van der Waals surface area contributed by atoms with Gasteiger partial charge in [0.15, 0.2) is 11.6 Å². The van der Waals surface area contributed by atoms with E-state index < -0.39 is 41.2 Å². The van der Waals surface area contributed by atoms with Gasteiger partial charge in [-0.1, -0.05) is 0 Å². The summed E-state index contributed by atoms with van der Waals surface area (Å²) in [6, 6.07) is 0.848. The number of halogens is 3. The maximum Gasteiger partial charge on any atom is 0.374 e. The fourth-order valence-corrected chi connectivity index (χ4v) is 1.06. The van der Waals surface area contributed by atoms with Crippen LogP contribution in [0.2, 0.25) is 0 Å². The van der Waals surface area contributed by atoms with Crippen LogP contribution < -0.4 is 0 Å². The van der Waals surface area contributed by atoms with E-state index in [1.54, 1.807) is 0 Å². The van der Waals surface area contributed by atoms with Crippen molar-refractivity contribution in [1.82, 2.24) is 0 Å². The summed E-state index contributed by atoms with van der Waals surface area (Å²) in [4.78, 5) is 21.8. The molecule has 1 aromatic carbocycles. The minimum absolute atomic E-state index is 0.315. The molecule has 0 aliphatic carbocycles. The third-order valence-electron chi connectivity index (χ3n) is 1.85. The Balaban J connectivity index is 2.94. The lowest BCUT2D eigenvalue weighted by Gasteiger charge is -2.02. The van der Waals surface area contributed by atoms with E-state index >= 15 is 0 Å². The number of ketones is 1. The highest BCUT2D eigenvalue weighted by molar-refractivity contribution is 6.34. The van der Waals surface area contributed by atoms with Gasteiger partial charge in [-0.3, -0.25) is 4.79 Å². The lowest BCUT2D eigenvalue weighted by atomic mass is 10.1. The molecule has 3 nitrogen and oxygen atoms in total. The number of benzene rings is 1. The van der Waals surface area contributed by atoms with Crippen molar-refractivity contribution in [2.45, 2.75) is 6.42 Å². The molecule has 0 unspecified atom stereocenters. The summed E-state index contributed by atoms with van der Waals surface area (Å²) in [5.41, 5.74) is -0.394. The summed E-state index contributed by atoms with van der Waals surface area (Å²) in [7, 11) is 0.988. The highest BCUT2D eigenvalue weighted by Gasteiger charge is 2.18. The average molecular weight is 232 g/mol. The number of Topliss-reactive ketones (excluding diaryl/α,β-unsaturated/α-hetero) is 1. The van der Waals surface area contributed by atoms with Crippen LogP contribution in [0.4, 0.5) is 13.2 Å². The summed E-state index contributed by atoms with van der Waals surface area (Å²) in [6.45, 7) is 0. The van der Waals surface area contributed by atoms with E-state index in [1.807, 2.05) is 0 Å². The van der Waals surface area contributed by atoms with Crippen LogP contribution in [-0.2, 0) is 20.7 Å². The highest BCUT2D eigenvalue weighted by Crippen LogP contribution is 2.14. The van der Waals surface area contributed by atoms with Crippen molar-refractivity contribution in [2.24, 2.45) is 0 Å². The predicted molar refractivity (Wildman–Crippen MR) is 47.0 cm³/mol. The summed E-state index contributed by atoms with van der Waals surface area (Å²) in [5, 5.41) is 0. The normalized spacial score (nSPS) is 10.0. The quantitative estimate of drug-likeness (QED) is 0.449. The Labute approximate surface area is 88.8 Å². The van der Waals surface area contributed by atoms with Gasteiger partial charge in [0.2, 0.25) is 5.78 Å². The zero-order valence-corrected chi connectivity index (χ0v) is 8.22. The second kappa shape index (κ2) is 4.78. The summed E-state index contributed by atoms with van der Waals surface area (Å²) in [5.74, 6) is -5.92. The number of ether oxygens (including phenoxy) is 1. The molecule has 0 spiro atoms. The van der Waals surface area contributed by atoms with Crippen LogP contribution in [0.5, 0.6) is 0 Å². The lowest BCUT2D eigenvalue weighted by molar-refractivity contribution is -0.151. The fourth-order valence-electron chi connectivity index (χ4n) is 1.06. The Bertz CT molecular complexity index is 443. The van der Waals surface area contributed by atoms with Crippen LogP contribution in [-0.4, -0.2) is 18.9 Å². The summed E-state index contributed by atoms with van der Waals surface area (Å²) < 4.78 is 42.4. The van der Waals surface area contributed by atoms with Crippen LogP contribution in [0.15, 0.2) is 12.1 Å². The van der Waals surface area contributed by atoms with E-state index in [0.717, 1.165) is 7.11 Å². The van der Waals surface area contributed by atoms with Crippen molar-refractivity contribution in [1.29, 1.82) is 0 Å². The van der Waals surface area contributed by atoms with Gasteiger partial charge in [0.1, 0.15) is 5.82 Å². The number of hydrogen-bond donors (Lipinski definition) is 0. The van der Waals surface area contributed by atoms with Crippen LogP contribution in [0, 0.1) is 17.5 Å². The second-order valence-corrected chi connectivity index (χ2v) is 2.95. The molecule has 6 heteroatoms. The summed E-state index contributed by atoms with van der Waals surface area (Å²) in [6.07, 6.45) is -0.671. The number of esters is 1. The predicted octanol–water partition coefficient (Wildman–Crippen LogP) is 1.39. The molecule has 0 saturated carbocycles. The maximum absolute atomic E-state index is 13.0. The third-order valence-corrected chi connectivity index (χ3v) is 1.85. The molecule has 16 heavy (non-hydrogen) atoms. The lowest BCUT2D eigenvalue weighted by Crippen LogP contribution is -2.18. The molecule has 0 aliphatic heterocycles.